The summed E-state index contributed by atoms with van der Waals surface area (Å²) >= 11 is 12.2. The molecule has 0 unspecified atom stereocenters. The maximum atomic E-state index is 12.6. The molecule has 4 rings (SSSR count). The largest absolute Gasteiger partial charge is 0.337 e. The van der Waals surface area contributed by atoms with Crippen LogP contribution in [-0.4, -0.2) is 38.8 Å². The van der Waals surface area contributed by atoms with Crippen LogP contribution in [0.2, 0.25) is 5.02 Å². The van der Waals surface area contributed by atoms with Crippen molar-refractivity contribution in [3.8, 4) is 5.69 Å². The molecule has 1 aliphatic rings. The van der Waals surface area contributed by atoms with E-state index in [0.29, 0.717) is 23.7 Å². The molecule has 0 aliphatic carbocycles. The number of hydrogen-bond donors (Lipinski definition) is 0. The highest BCUT2D eigenvalue weighted by Crippen LogP contribution is 2.23. The maximum absolute atomic E-state index is 12.6. The van der Waals surface area contributed by atoms with Gasteiger partial charge in [0.2, 0.25) is 0 Å². The highest BCUT2D eigenvalue weighted by Gasteiger charge is 2.25. The number of halogens is 2. The number of benzene rings is 2. The number of aromatic nitrogens is 2. The second-order valence-electron chi connectivity index (χ2n) is 5.94. The Morgan fingerprint density at radius 2 is 2.08 bits per heavy atom. The van der Waals surface area contributed by atoms with Crippen molar-refractivity contribution in [3.63, 3.8) is 0 Å². The van der Waals surface area contributed by atoms with Gasteiger partial charge in [0, 0.05) is 29.4 Å². The van der Waals surface area contributed by atoms with Gasteiger partial charge in [-0.15, -0.1) is 11.6 Å². The van der Waals surface area contributed by atoms with Crippen molar-refractivity contribution in [2.75, 3.05) is 13.1 Å². The molecule has 2 heterocycles. The summed E-state index contributed by atoms with van der Waals surface area (Å²) in [6.45, 7) is 1.32. The van der Waals surface area contributed by atoms with E-state index in [0.717, 1.165) is 23.1 Å². The SMILES string of the molecule is O=C(c1ccc2c(c1)ncn2-c1cccc(Cl)c1)N1CC[C@H](Cl)C1. The number of rotatable bonds is 2. The topological polar surface area (TPSA) is 38.1 Å². The van der Waals surface area contributed by atoms with Crippen molar-refractivity contribution >= 4 is 40.1 Å². The lowest BCUT2D eigenvalue weighted by Crippen LogP contribution is -2.28. The number of alkyl halides is 1. The van der Waals surface area contributed by atoms with Crippen LogP contribution in [0.3, 0.4) is 0 Å². The van der Waals surface area contributed by atoms with Gasteiger partial charge in [-0.3, -0.25) is 9.36 Å². The minimum Gasteiger partial charge on any atom is -0.337 e. The molecule has 0 spiro atoms. The Morgan fingerprint density at radius 3 is 2.83 bits per heavy atom. The van der Waals surface area contributed by atoms with Crippen molar-refractivity contribution in [2.24, 2.45) is 0 Å². The summed E-state index contributed by atoms with van der Waals surface area (Å²) in [7, 11) is 0. The molecule has 0 radical (unpaired) electrons. The van der Waals surface area contributed by atoms with Crippen LogP contribution >= 0.6 is 23.2 Å². The van der Waals surface area contributed by atoms with Gasteiger partial charge in [-0.2, -0.15) is 0 Å². The molecular formula is C18H15Cl2N3O. The molecule has 0 N–H and O–H groups in total. The zero-order valence-electron chi connectivity index (χ0n) is 12.8. The van der Waals surface area contributed by atoms with Gasteiger partial charge < -0.3 is 4.90 Å². The van der Waals surface area contributed by atoms with Gasteiger partial charge in [-0.25, -0.2) is 4.98 Å². The average molecular weight is 360 g/mol. The molecule has 0 saturated carbocycles. The molecular weight excluding hydrogens is 345 g/mol. The second kappa shape index (κ2) is 6.11. The number of amides is 1. The summed E-state index contributed by atoms with van der Waals surface area (Å²) in [5, 5.41) is 0.727. The third-order valence-corrected chi connectivity index (χ3v) is 4.89. The molecule has 1 aromatic heterocycles. The number of carbonyl (C=O) groups excluding carboxylic acids is 1. The highest BCUT2D eigenvalue weighted by atomic mass is 35.5. The number of likely N-dealkylation sites (tertiary alicyclic amines) is 1. The Morgan fingerprint density at radius 1 is 1.21 bits per heavy atom. The van der Waals surface area contributed by atoms with E-state index in [1.54, 1.807) is 11.2 Å². The third kappa shape index (κ3) is 2.76. The lowest BCUT2D eigenvalue weighted by Gasteiger charge is -2.15. The smallest absolute Gasteiger partial charge is 0.253 e. The lowest BCUT2D eigenvalue weighted by atomic mass is 10.1. The van der Waals surface area contributed by atoms with Gasteiger partial charge in [-0.05, 0) is 42.8 Å². The fraction of sp³-hybridized carbons (Fsp3) is 0.222. The molecule has 1 fully saturated rings. The summed E-state index contributed by atoms with van der Waals surface area (Å²) < 4.78 is 1.96. The van der Waals surface area contributed by atoms with Gasteiger partial charge in [-0.1, -0.05) is 17.7 Å². The summed E-state index contributed by atoms with van der Waals surface area (Å²) in [6.07, 6.45) is 2.59. The molecule has 122 valence electrons. The van der Waals surface area contributed by atoms with Crippen LogP contribution in [0.5, 0.6) is 0 Å². The molecule has 4 nitrogen and oxygen atoms in total. The third-order valence-electron chi connectivity index (χ3n) is 4.30. The Kier molecular flexibility index (Phi) is 3.94. The highest BCUT2D eigenvalue weighted by molar-refractivity contribution is 6.30. The van der Waals surface area contributed by atoms with E-state index in [4.69, 9.17) is 23.2 Å². The van der Waals surface area contributed by atoms with Crippen molar-refractivity contribution in [3.05, 3.63) is 59.4 Å². The first-order valence-corrected chi connectivity index (χ1v) is 8.59. The van der Waals surface area contributed by atoms with Gasteiger partial charge in [0.05, 0.1) is 16.4 Å². The normalized spacial score (nSPS) is 17.6. The maximum Gasteiger partial charge on any atom is 0.253 e. The molecule has 1 saturated heterocycles. The number of carbonyl (C=O) groups is 1. The second-order valence-corrected chi connectivity index (χ2v) is 6.99. The van der Waals surface area contributed by atoms with E-state index in [2.05, 4.69) is 4.98 Å². The van der Waals surface area contributed by atoms with E-state index in [-0.39, 0.29) is 11.3 Å². The Balaban J connectivity index is 1.69. The van der Waals surface area contributed by atoms with Crippen LogP contribution in [-0.2, 0) is 0 Å². The molecule has 1 aliphatic heterocycles. The van der Waals surface area contributed by atoms with Crippen molar-refractivity contribution < 1.29 is 4.79 Å². The van der Waals surface area contributed by atoms with E-state index < -0.39 is 0 Å². The predicted octanol–water partition coefficient (Wildman–Crippen LogP) is 4.13. The Bertz CT molecular complexity index is 922. The van der Waals surface area contributed by atoms with Crippen molar-refractivity contribution in [1.29, 1.82) is 0 Å². The monoisotopic (exact) mass is 359 g/mol. The molecule has 0 bridgehead atoms. The molecule has 1 atom stereocenters. The van der Waals surface area contributed by atoms with E-state index in [1.807, 2.05) is 47.0 Å². The van der Waals surface area contributed by atoms with Crippen LogP contribution in [0.15, 0.2) is 48.8 Å². The van der Waals surface area contributed by atoms with Gasteiger partial charge in [0.1, 0.15) is 6.33 Å². The summed E-state index contributed by atoms with van der Waals surface area (Å²) in [4.78, 5) is 18.8. The first kappa shape index (κ1) is 15.5. The van der Waals surface area contributed by atoms with Crippen molar-refractivity contribution in [2.45, 2.75) is 11.8 Å². The summed E-state index contributed by atoms with van der Waals surface area (Å²) in [5.74, 6) is 0.0114. The molecule has 2 aromatic carbocycles. The van der Waals surface area contributed by atoms with Gasteiger partial charge in [0.15, 0.2) is 0 Å². The lowest BCUT2D eigenvalue weighted by molar-refractivity contribution is 0.0793. The van der Waals surface area contributed by atoms with Gasteiger partial charge >= 0.3 is 0 Å². The molecule has 24 heavy (non-hydrogen) atoms. The number of hydrogen-bond acceptors (Lipinski definition) is 2. The first-order valence-electron chi connectivity index (χ1n) is 7.78. The van der Waals surface area contributed by atoms with Crippen LogP contribution in [0.1, 0.15) is 16.8 Å². The first-order chi connectivity index (χ1) is 11.6. The standard InChI is InChI=1S/C18H15Cl2N3O/c19-13-2-1-3-15(9-13)23-11-21-16-8-12(4-5-17(16)23)18(24)22-7-6-14(20)10-22/h1-5,8-9,11,14H,6-7,10H2/t14-/m0/s1. The number of imidazole rings is 1. The van der Waals surface area contributed by atoms with Crippen LogP contribution in [0, 0.1) is 0 Å². The fourth-order valence-corrected chi connectivity index (χ4v) is 3.51. The quantitative estimate of drug-likeness (QED) is 0.645. The molecule has 3 aromatic rings. The predicted molar refractivity (Wildman–Crippen MR) is 96.2 cm³/mol. The van der Waals surface area contributed by atoms with Crippen LogP contribution < -0.4 is 0 Å². The summed E-state index contributed by atoms with van der Waals surface area (Å²) in [6, 6.07) is 13.2. The molecule has 6 heteroatoms. The average Bonchev–Trinajstić information content (AvgIpc) is 3.19. The van der Waals surface area contributed by atoms with Crippen molar-refractivity contribution in [1.82, 2.24) is 14.5 Å². The van der Waals surface area contributed by atoms with Gasteiger partial charge in [0.25, 0.3) is 5.91 Å². The summed E-state index contributed by atoms with van der Waals surface area (Å²) in [5.41, 5.74) is 3.30. The fourth-order valence-electron chi connectivity index (χ4n) is 3.06. The van der Waals surface area contributed by atoms with Crippen LogP contribution in [0.25, 0.3) is 16.7 Å². The van der Waals surface area contributed by atoms with E-state index in [9.17, 15) is 4.79 Å². The Labute approximate surface area is 149 Å². The Hall–Kier alpha value is -2.04. The van der Waals surface area contributed by atoms with Crippen LogP contribution in [0.4, 0.5) is 0 Å². The zero-order chi connectivity index (χ0) is 16.7. The van der Waals surface area contributed by atoms with E-state index >= 15 is 0 Å². The van der Waals surface area contributed by atoms with E-state index in [1.165, 1.54) is 0 Å². The minimum absolute atomic E-state index is 0.0114. The number of nitrogens with zero attached hydrogens (tertiary/aromatic N) is 3. The minimum atomic E-state index is 0.0114. The zero-order valence-corrected chi connectivity index (χ0v) is 14.3. The number of fused-ring (bicyclic) bond motifs is 1. The molecule has 1 amide bonds.